The molecule has 1 heterocycles. The predicted octanol–water partition coefficient (Wildman–Crippen LogP) is 5.10. The van der Waals surface area contributed by atoms with Crippen LogP contribution in [0.2, 0.25) is 5.02 Å². The van der Waals surface area contributed by atoms with Gasteiger partial charge in [0.15, 0.2) is 5.76 Å². The van der Waals surface area contributed by atoms with Crippen LogP contribution in [0.3, 0.4) is 0 Å². The van der Waals surface area contributed by atoms with Crippen molar-refractivity contribution in [2.24, 2.45) is 0 Å². The molecule has 5 nitrogen and oxygen atoms in total. The first-order valence-corrected chi connectivity index (χ1v) is 9.83. The second kappa shape index (κ2) is 9.63. The van der Waals surface area contributed by atoms with Gasteiger partial charge in [0.1, 0.15) is 18.1 Å². The molecular weight excluding hydrogens is 390 g/mol. The molecule has 3 aromatic rings. The third-order valence-corrected chi connectivity index (χ3v) is 4.74. The fourth-order valence-electron chi connectivity index (χ4n) is 2.79. The van der Waals surface area contributed by atoms with Gasteiger partial charge in [-0.3, -0.25) is 4.79 Å². The van der Waals surface area contributed by atoms with E-state index >= 15 is 0 Å². The van der Waals surface area contributed by atoms with Gasteiger partial charge in [0.2, 0.25) is 0 Å². The Bertz CT molecular complexity index is 950. The van der Waals surface area contributed by atoms with Crippen LogP contribution in [-0.4, -0.2) is 17.6 Å². The molecule has 2 aromatic carbocycles. The molecule has 1 aromatic heterocycles. The van der Waals surface area contributed by atoms with Crippen molar-refractivity contribution in [1.29, 1.82) is 0 Å². The van der Waals surface area contributed by atoms with E-state index in [4.69, 9.17) is 20.8 Å². The number of benzene rings is 2. The number of hydrogen-bond donors (Lipinski definition) is 2. The smallest absolute Gasteiger partial charge is 0.287 e. The van der Waals surface area contributed by atoms with Gasteiger partial charge in [-0.1, -0.05) is 55.8 Å². The van der Waals surface area contributed by atoms with Crippen LogP contribution < -0.4 is 10.1 Å². The highest BCUT2D eigenvalue weighted by Gasteiger charge is 2.14. The minimum atomic E-state index is -0.791. The maximum Gasteiger partial charge on any atom is 0.287 e. The SMILES string of the molecule is CC(C)c1ccc(C(O)CNC(=O)c2ccc(COc3cccc(Cl)c3)o2)cc1. The first-order chi connectivity index (χ1) is 13.9. The van der Waals surface area contributed by atoms with Crippen LogP contribution >= 0.6 is 11.6 Å². The molecule has 0 radical (unpaired) electrons. The average Bonchev–Trinajstić information content (AvgIpc) is 3.19. The standard InChI is InChI=1S/C23H24ClNO4/c1-15(2)16-6-8-17(9-7-16)21(26)13-25-23(27)22-11-10-20(29-22)14-28-19-5-3-4-18(24)12-19/h3-12,15,21,26H,13-14H2,1-2H3,(H,25,27). The number of amides is 1. The molecule has 0 aliphatic rings. The second-order valence-electron chi connectivity index (χ2n) is 7.06. The zero-order chi connectivity index (χ0) is 20.8. The maximum absolute atomic E-state index is 12.3. The summed E-state index contributed by atoms with van der Waals surface area (Å²) in [5, 5.41) is 13.6. The van der Waals surface area contributed by atoms with E-state index in [1.165, 1.54) is 5.56 Å². The molecule has 0 spiro atoms. The summed E-state index contributed by atoms with van der Waals surface area (Å²) in [6.07, 6.45) is -0.791. The Labute approximate surface area is 175 Å². The summed E-state index contributed by atoms with van der Waals surface area (Å²) < 4.78 is 11.1. The van der Waals surface area contributed by atoms with Gasteiger partial charge in [0.25, 0.3) is 5.91 Å². The van der Waals surface area contributed by atoms with Crippen LogP contribution in [-0.2, 0) is 6.61 Å². The average molecular weight is 414 g/mol. The van der Waals surface area contributed by atoms with Gasteiger partial charge >= 0.3 is 0 Å². The van der Waals surface area contributed by atoms with E-state index < -0.39 is 12.0 Å². The Morgan fingerprint density at radius 2 is 1.83 bits per heavy atom. The number of furan rings is 1. The van der Waals surface area contributed by atoms with Crippen molar-refractivity contribution in [3.8, 4) is 5.75 Å². The number of rotatable bonds is 8. The molecule has 3 rings (SSSR count). The largest absolute Gasteiger partial charge is 0.486 e. The van der Waals surface area contributed by atoms with Crippen molar-refractivity contribution in [2.75, 3.05) is 6.54 Å². The summed E-state index contributed by atoms with van der Waals surface area (Å²) in [6.45, 7) is 4.50. The minimum absolute atomic E-state index is 0.0922. The van der Waals surface area contributed by atoms with Gasteiger partial charge in [-0.15, -0.1) is 0 Å². The monoisotopic (exact) mass is 413 g/mol. The molecule has 0 saturated heterocycles. The van der Waals surface area contributed by atoms with Crippen LogP contribution in [0.25, 0.3) is 0 Å². The van der Waals surface area contributed by atoms with Crippen LogP contribution in [0.5, 0.6) is 5.75 Å². The van der Waals surface area contributed by atoms with E-state index in [-0.39, 0.29) is 18.9 Å². The number of carbonyl (C=O) groups excluding carboxylic acids is 1. The molecule has 0 aliphatic heterocycles. The molecule has 0 bridgehead atoms. The van der Waals surface area contributed by atoms with Gasteiger partial charge in [0, 0.05) is 11.6 Å². The van der Waals surface area contributed by atoms with E-state index in [0.29, 0.717) is 22.5 Å². The van der Waals surface area contributed by atoms with Crippen molar-refractivity contribution in [3.05, 3.63) is 88.3 Å². The summed E-state index contributed by atoms with van der Waals surface area (Å²) in [4.78, 5) is 12.3. The van der Waals surface area contributed by atoms with Crippen molar-refractivity contribution in [3.63, 3.8) is 0 Å². The summed E-state index contributed by atoms with van der Waals surface area (Å²) in [5.41, 5.74) is 1.96. The lowest BCUT2D eigenvalue weighted by atomic mass is 10.00. The van der Waals surface area contributed by atoms with Gasteiger partial charge in [-0.25, -0.2) is 0 Å². The first kappa shape index (κ1) is 21.0. The Hall–Kier alpha value is -2.76. The number of aliphatic hydroxyl groups is 1. The van der Waals surface area contributed by atoms with Gasteiger partial charge in [0.05, 0.1) is 6.10 Å². The molecule has 6 heteroatoms. The van der Waals surface area contributed by atoms with Gasteiger partial charge < -0.3 is 19.6 Å². The van der Waals surface area contributed by atoms with Crippen LogP contribution in [0.1, 0.15) is 53.3 Å². The Kier molecular flexibility index (Phi) is 6.96. The Morgan fingerprint density at radius 3 is 2.52 bits per heavy atom. The lowest BCUT2D eigenvalue weighted by Gasteiger charge is -2.13. The summed E-state index contributed by atoms with van der Waals surface area (Å²) in [7, 11) is 0. The van der Waals surface area contributed by atoms with Crippen LogP contribution in [0, 0.1) is 0 Å². The fourth-order valence-corrected chi connectivity index (χ4v) is 2.97. The van der Waals surface area contributed by atoms with E-state index in [1.807, 2.05) is 24.3 Å². The zero-order valence-corrected chi connectivity index (χ0v) is 17.1. The Morgan fingerprint density at radius 1 is 1.10 bits per heavy atom. The number of hydrogen-bond acceptors (Lipinski definition) is 4. The van der Waals surface area contributed by atoms with E-state index in [1.54, 1.807) is 36.4 Å². The molecule has 152 valence electrons. The molecule has 1 amide bonds. The molecule has 0 saturated carbocycles. The van der Waals surface area contributed by atoms with Gasteiger partial charge in [-0.05, 0) is 47.4 Å². The third-order valence-electron chi connectivity index (χ3n) is 4.51. The number of ether oxygens (including phenoxy) is 1. The number of nitrogens with one attached hydrogen (secondary N) is 1. The summed E-state index contributed by atoms with van der Waals surface area (Å²) in [5.74, 6) is 1.33. The van der Waals surface area contributed by atoms with Crippen molar-refractivity contribution in [2.45, 2.75) is 32.5 Å². The van der Waals surface area contributed by atoms with Crippen LogP contribution in [0.4, 0.5) is 0 Å². The molecule has 0 aliphatic carbocycles. The quantitative estimate of drug-likeness (QED) is 0.539. The summed E-state index contributed by atoms with van der Waals surface area (Å²) >= 11 is 5.92. The lowest BCUT2D eigenvalue weighted by Crippen LogP contribution is -2.28. The first-order valence-electron chi connectivity index (χ1n) is 9.45. The van der Waals surface area contributed by atoms with Crippen molar-refractivity contribution < 1.29 is 19.1 Å². The minimum Gasteiger partial charge on any atom is -0.486 e. The third kappa shape index (κ3) is 5.86. The van der Waals surface area contributed by atoms with E-state index in [9.17, 15) is 9.90 Å². The van der Waals surface area contributed by atoms with Gasteiger partial charge in [-0.2, -0.15) is 0 Å². The maximum atomic E-state index is 12.3. The number of halogens is 1. The highest BCUT2D eigenvalue weighted by Crippen LogP contribution is 2.20. The highest BCUT2D eigenvalue weighted by atomic mass is 35.5. The van der Waals surface area contributed by atoms with E-state index in [2.05, 4.69) is 19.2 Å². The zero-order valence-electron chi connectivity index (χ0n) is 16.4. The second-order valence-corrected chi connectivity index (χ2v) is 7.50. The molecular formula is C23H24ClNO4. The van der Waals surface area contributed by atoms with Crippen molar-refractivity contribution in [1.82, 2.24) is 5.32 Å². The van der Waals surface area contributed by atoms with Crippen molar-refractivity contribution >= 4 is 17.5 Å². The number of aliphatic hydroxyl groups excluding tert-OH is 1. The molecule has 2 N–H and O–H groups in total. The summed E-state index contributed by atoms with van der Waals surface area (Å²) in [6, 6.07) is 18.0. The number of carbonyl (C=O) groups is 1. The normalized spacial score (nSPS) is 12.0. The molecule has 1 unspecified atom stereocenters. The van der Waals surface area contributed by atoms with Crippen LogP contribution in [0.15, 0.2) is 65.1 Å². The lowest BCUT2D eigenvalue weighted by molar-refractivity contribution is 0.0885. The topological polar surface area (TPSA) is 71.7 Å². The Balaban J connectivity index is 1.50. The molecule has 29 heavy (non-hydrogen) atoms. The fraction of sp³-hybridized carbons (Fsp3) is 0.261. The highest BCUT2D eigenvalue weighted by molar-refractivity contribution is 6.30. The molecule has 1 atom stereocenters. The predicted molar refractivity (Wildman–Crippen MR) is 112 cm³/mol. The molecule has 0 fully saturated rings. The van der Waals surface area contributed by atoms with E-state index in [0.717, 1.165) is 5.56 Å².